The van der Waals surface area contributed by atoms with Crippen LogP contribution in [0.3, 0.4) is 0 Å². The maximum absolute atomic E-state index is 10.0. The van der Waals surface area contributed by atoms with E-state index in [4.69, 9.17) is 4.42 Å². The van der Waals surface area contributed by atoms with Gasteiger partial charge in [-0.2, -0.15) is 0 Å². The Bertz CT molecular complexity index is 377. The Morgan fingerprint density at radius 2 is 2.29 bits per heavy atom. The minimum atomic E-state index is -0.665. The first-order valence-electron chi connectivity index (χ1n) is 6.00. The van der Waals surface area contributed by atoms with Crippen molar-refractivity contribution in [3.8, 4) is 0 Å². The average Bonchev–Trinajstić information content (AvgIpc) is 2.76. The van der Waals surface area contributed by atoms with E-state index in [1.54, 1.807) is 0 Å². The molecule has 6 nitrogen and oxygen atoms in total. The zero-order valence-corrected chi connectivity index (χ0v) is 10.6. The van der Waals surface area contributed by atoms with Gasteiger partial charge in [0.2, 0.25) is 5.89 Å². The van der Waals surface area contributed by atoms with Gasteiger partial charge in [-0.05, 0) is 33.7 Å². The normalized spacial score (nSPS) is 27.2. The van der Waals surface area contributed by atoms with Crippen molar-refractivity contribution in [1.82, 2.24) is 15.5 Å². The van der Waals surface area contributed by atoms with Crippen LogP contribution in [0.4, 0.5) is 6.01 Å². The molecule has 2 atom stereocenters. The second-order valence-electron chi connectivity index (χ2n) is 4.96. The van der Waals surface area contributed by atoms with Crippen molar-refractivity contribution >= 4 is 6.01 Å². The second kappa shape index (κ2) is 4.62. The highest BCUT2D eigenvalue weighted by atomic mass is 16.4. The highest BCUT2D eigenvalue weighted by molar-refractivity contribution is 5.26. The zero-order chi connectivity index (χ0) is 12.5. The summed E-state index contributed by atoms with van der Waals surface area (Å²) in [5.74, 6) is 0.577. The van der Waals surface area contributed by atoms with Crippen LogP contribution in [0.5, 0.6) is 0 Å². The maximum Gasteiger partial charge on any atom is 0.318 e. The van der Waals surface area contributed by atoms with Crippen LogP contribution in [0, 0.1) is 0 Å². The molecule has 0 aromatic carbocycles. The van der Waals surface area contributed by atoms with Crippen molar-refractivity contribution in [1.29, 1.82) is 0 Å². The summed E-state index contributed by atoms with van der Waals surface area (Å²) in [6, 6.07) is 0.545. The van der Waals surface area contributed by atoms with Gasteiger partial charge in [0.25, 0.3) is 0 Å². The van der Waals surface area contributed by atoms with Gasteiger partial charge in [0.1, 0.15) is 0 Å². The monoisotopic (exact) mass is 240 g/mol. The number of piperidine rings is 1. The molecular formula is C11H20N4O2. The van der Waals surface area contributed by atoms with Crippen molar-refractivity contribution in [2.75, 3.05) is 25.0 Å². The van der Waals surface area contributed by atoms with Crippen LogP contribution >= 0.6 is 0 Å². The van der Waals surface area contributed by atoms with Crippen LogP contribution in [-0.4, -0.2) is 41.0 Å². The fourth-order valence-corrected chi connectivity index (χ4v) is 2.04. The quantitative estimate of drug-likeness (QED) is 0.810. The molecule has 96 valence electrons. The van der Waals surface area contributed by atoms with E-state index < -0.39 is 5.60 Å². The third-order valence-corrected chi connectivity index (χ3v) is 3.18. The Morgan fingerprint density at radius 1 is 1.53 bits per heavy atom. The molecule has 6 heteroatoms. The standard InChI is InChI=1S/C11H20N4O2/c1-8(12-3)9-13-14-10(17-9)15-6-4-5-11(2,16)7-15/h8,12,16H,4-7H2,1-3H3. The number of anilines is 1. The molecule has 17 heavy (non-hydrogen) atoms. The molecule has 1 aromatic heterocycles. The van der Waals surface area contributed by atoms with Gasteiger partial charge in [-0.25, -0.2) is 0 Å². The van der Waals surface area contributed by atoms with Gasteiger partial charge >= 0.3 is 6.01 Å². The van der Waals surface area contributed by atoms with E-state index in [1.807, 2.05) is 25.8 Å². The van der Waals surface area contributed by atoms with Crippen molar-refractivity contribution < 1.29 is 9.52 Å². The molecule has 0 bridgehead atoms. The first-order valence-corrected chi connectivity index (χ1v) is 6.00. The van der Waals surface area contributed by atoms with Gasteiger partial charge in [0.15, 0.2) is 0 Å². The van der Waals surface area contributed by atoms with Crippen molar-refractivity contribution in [2.24, 2.45) is 0 Å². The van der Waals surface area contributed by atoms with Crippen molar-refractivity contribution in [3.05, 3.63) is 5.89 Å². The van der Waals surface area contributed by atoms with Crippen molar-refractivity contribution in [2.45, 2.75) is 38.3 Å². The largest absolute Gasteiger partial charge is 0.406 e. The number of hydrogen-bond donors (Lipinski definition) is 2. The number of hydrogen-bond acceptors (Lipinski definition) is 6. The summed E-state index contributed by atoms with van der Waals surface area (Å²) >= 11 is 0. The SMILES string of the molecule is CNC(C)c1nnc(N2CCCC(C)(O)C2)o1. The van der Waals surface area contributed by atoms with Gasteiger partial charge in [-0.3, -0.25) is 0 Å². The number of β-amino-alcohol motifs (C(OH)–C–C–N with tert-alkyl or cyclic N) is 1. The molecule has 0 spiro atoms. The van der Waals surface area contributed by atoms with Crippen molar-refractivity contribution in [3.63, 3.8) is 0 Å². The molecule has 2 N–H and O–H groups in total. The predicted molar refractivity (Wildman–Crippen MR) is 63.8 cm³/mol. The summed E-state index contributed by atoms with van der Waals surface area (Å²) in [5, 5.41) is 21.1. The summed E-state index contributed by atoms with van der Waals surface area (Å²) in [4.78, 5) is 1.95. The molecule has 1 fully saturated rings. The molecule has 2 heterocycles. The fraction of sp³-hybridized carbons (Fsp3) is 0.818. The summed E-state index contributed by atoms with van der Waals surface area (Å²) in [7, 11) is 1.85. The fourth-order valence-electron chi connectivity index (χ4n) is 2.04. The summed E-state index contributed by atoms with van der Waals surface area (Å²) in [5.41, 5.74) is -0.665. The lowest BCUT2D eigenvalue weighted by Crippen LogP contribution is -2.46. The van der Waals surface area contributed by atoms with Gasteiger partial charge in [-0.15, -0.1) is 5.10 Å². The van der Waals surface area contributed by atoms with Crippen LogP contribution in [0.2, 0.25) is 0 Å². The van der Waals surface area contributed by atoms with Crippen LogP contribution in [0.25, 0.3) is 0 Å². The molecule has 2 rings (SSSR count). The third kappa shape index (κ3) is 2.76. The van der Waals surface area contributed by atoms with Crippen LogP contribution in [0.15, 0.2) is 4.42 Å². The minimum absolute atomic E-state index is 0.0431. The molecule has 1 aliphatic rings. The molecular weight excluding hydrogens is 220 g/mol. The van der Waals surface area contributed by atoms with E-state index in [0.717, 1.165) is 19.4 Å². The van der Waals surface area contributed by atoms with Gasteiger partial charge in [0, 0.05) is 6.54 Å². The Labute approximate surface area is 101 Å². The van der Waals surface area contributed by atoms with E-state index in [2.05, 4.69) is 15.5 Å². The summed E-state index contributed by atoms with van der Waals surface area (Å²) < 4.78 is 5.60. The molecule has 0 saturated carbocycles. The lowest BCUT2D eigenvalue weighted by molar-refractivity contribution is 0.0434. The second-order valence-corrected chi connectivity index (χ2v) is 4.96. The Kier molecular flexibility index (Phi) is 3.35. The maximum atomic E-state index is 10.0. The molecule has 0 aliphatic carbocycles. The highest BCUT2D eigenvalue weighted by Gasteiger charge is 2.31. The first-order chi connectivity index (χ1) is 8.02. The smallest absolute Gasteiger partial charge is 0.318 e. The lowest BCUT2D eigenvalue weighted by Gasteiger charge is -2.35. The topological polar surface area (TPSA) is 74.4 Å². The van der Waals surface area contributed by atoms with Crippen LogP contribution in [0.1, 0.15) is 38.6 Å². The van der Waals surface area contributed by atoms with Gasteiger partial charge in [-0.1, -0.05) is 5.10 Å². The first kappa shape index (κ1) is 12.3. The number of nitrogens with one attached hydrogen (secondary N) is 1. The number of rotatable bonds is 3. The average molecular weight is 240 g/mol. The molecule has 1 saturated heterocycles. The predicted octanol–water partition coefficient (Wildman–Crippen LogP) is 0.701. The lowest BCUT2D eigenvalue weighted by atomic mass is 9.96. The molecule has 0 radical (unpaired) electrons. The molecule has 1 aliphatic heterocycles. The summed E-state index contributed by atoms with van der Waals surface area (Å²) in [6.45, 7) is 5.20. The molecule has 2 unspecified atom stereocenters. The minimum Gasteiger partial charge on any atom is -0.406 e. The van der Waals surface area contributed by atoms with E-state index in [-0.39, 0.29) is 6.04 Å². The Hall–Kier alpha value is -1.14. The molecule has 1 aromatic rings. The number of nitrogens with zero attached hydrogens (tertiary/aromatic N) is 3. The Morgan fingerprint density at radius 3 is 2.94 bits per heavy atom. The van der Waals surface area contributed by atoms with E-state index in [9.17, 15) is 5.11 Å². The number of aromatic nitrogens is 2. The van der Waals surface area contributed by atoms with Gasteiger partial charge < -0.3 is 19.7 Å². The highest BCUT2D eigenvalue weighted by Crippen LogP contribution is 2.25. The van der Waals surface area contributed by atoms with E-state index >= 15 is 0 Å². The van der Waals surface area contributed by atoms with E-state index in [1.165, 1.54) is 0 Å². The van der Waals surface area contributed by atoms with Gasteiger partial charge in [0.05, 0.1) is 18.2 Å². The third-order valence-electron chi connectivity index (χ3n) is 3.18. The molecule has 0 amide bonds. The summed E-state index contributed by atoms with van der Waals surface area (Å²) in [6.07, 6.45) is 1.75. The van der Waals surface area contributed by atoms with E-state index in [0.29, 0.717) is 18.5 Å². The van der Waals surface area contributed by atoms with Crippen LogP contribution < -0.4 is 10.2 Å². The van der Waals surface area contributed by atoms with Crippen LogP contribution in [-0.2, 0) is 0 Å². The number of aliphatic hydroxyl groups is 1. The Balaban J connectivity index is 2.09. The zero-order valence-electron chi connectivity index (χ0n) is 10.6.